The van der Waals surface area contributed by atoms with E-state index in [1.807, 2.05) is 93.6 Å². The van der Waals surface area contributed by atoms with Crippen LogP contribution in [0.5, 0.6) is 11.5 Å². The van der Waals surface area contributed by atoms with E-state index in [0.717, 1.165) is 16.7 Å². The molecular weight excluding hydrogens is 604 g/mol. The van der Waals surface area contributed by atoms with Gasteiger partial charge in [0.15, 0.2) is 11.5 Å². The Bertz CT molecular complexity index is 1750. The minimum absolute atomic E-state index is 0.306. The molecular formula is C40H44N2O6. The van der Waals surface area contributed by atoms with Gasteiger partial charge in [-0.25, -0.2) is 0 Å². The van der Waals surface area contributed by atoms with Gasteiger partial charge < -0.3 is 25.2 Å². The van der Waals surface area contributed by atoms with Gasteiger partial charge in [-0.1, -0.05) is 86.6 Å². The Hall–Kier alpha value is -4.95. The van der Waals surface area contributed by atoms with Gasteiger partial charge in [-0.15, -0.1) is 0 Å². The molecule has 8 heteroatoms. The van der Waals surface area contributed by atoms with Crippen molar-refractivity contribution in [2.24, 2.45) is 11.8 Å². The highest BCUT2D eigenvalue weighted by molar-refractivity contribution is 6.10. The summed E-state index contributed by atoms with van der Waals surface area (Å²) in [5.41, 5.74) is 2.80. The smallest absolute Gasteiger partial charge is 0.235 e. The first kappa shape index (κ1) is 34.4. The van der Waals surface area contributed by atoms with Gasteiger partial charge in [-0.3, -0.25) is 14.4 Å². The van der Waals surface area contributed by atoms with Crippen molar-refractivity contribution < 1.29 is 29.0 Å². The number of amides is 2. The highest BCUT2D eigenvalue weighted by atomic mass is 16.5. The molecule has 0 radical (unpaired) electrons. The number of ketones is 1. The van der Waals surface area contributed by atoms with Gasteiger partial charge in [0.05, 0.1) is 18.1 Å². The Morgan fingerprint density at radius 3 is 1.96 bits per heavy atom. The SMILES string of the molecule is CCOc1cc(C2C(C(=O)Nc3ccccc3CC)C(=O)CC(C)(O)C2C(=O)Nc2ccccc2CC)ccc1OCc1ccccc1. The van der Waals surface area contributed by atoms with Crippen molar-refractivity contribution in [3.8, 4) is 11.5 Å². The van der Waals surface area contributed by atoms with Gasteiger partial charge in [0.1, 0.15) is 18.3 Å². The molecule has 0 heterocycles. The van der Waals surface area contributed by atoms with Crippen molar-refractivity contribution >= 4 is 29.0 Å². The van der Waals surface area contributed by atoms with E-state index in [1.54, 1.807) is 24.3 Å². The maximum atomic E-state index is 14.3. The molecule has 5 rings (SSSR count). The quantitative estimate of drug-likeness (QED) is 0.141. The lowest BCUT2D eigenvalue weighted by Crippen LogP contribution is -2.56. The van der Waals surface area contributed by atoms with E-state index in [9.17, 15) is 19.5 Å². The van der Waals surface area contributed by atoms with Gasteiger partial charge in [0.2, 0.25) is 11.8 Å². The number of nitrogens with one attached hydrogen (secondary N) is 2. The third-order valence-corrected chi connectivity index (χ3v) is 9.03. The van der Waals surface area contributed by atoms with Gasteiger partial charge in [0, 0.05) is 23.7 Å². The minimum atomic E-state index is -1.75. The summed E-state index contributed by atoms with van der Waals surface area (Å²) in [6.07, 6.45) is 1.00. The number of aliphatic hydroxyl groups is 1. The summed E-state index contributed by atoms with van der Waals surface area (Å²) < 4.78 is 12.1. The summed E-state index contributed by atoms with van der Waals surface area (Å²) in [6, 6.07) is 29.9. The molecule has 2 amide bonds. The topological polar surface area (TPSA) is 114 Å². The molecule has 0 bridgehead atoms. The van der Waals surface area contributed by atoms with Gasteiger partial charge in [-0.2, -0.15) is 0 Å². The van der Waals surface area contributed by atoms with Crippen LogP contribution in [0.1, 0.15) is 62.3 Å². The summed E-state index contributed by atoms with van der Waals surface area (Å²) in [7, 11) is 0. The van der Waals surface area contributed by atoms with E-state index in [2.05, 4.69) is 10.6 Å². The number of ether oxygens (including phenoxy) is 2. The molecule has 1 saturated carbocycles. The summed E-state index contributed by atoms with van der Waals surface area (Å²) in [6.45, 7) is 7.97. The van der Waals surface area contributed by atoms with Crippen molar-refractivity contribution in [1.82, 2.24) is 0 Å². The monoisotopic (exact) mass is 648 g/mol. The number of hydrogen-bond acceptors (Lipinski definition) is 6. The number of carbonyl (C=O) groups excluding carboxylic acids is 3. The van der Waals surface area contributed by atoms with Crippen LogP contribution < -0.4 is 20.1 Å². The van der Waals surface area contributed by atoms with Gasteiger partial charge >= 0.3 is 0 Å². The molecule has 8 nitrogen and oxygen atoms in total. The van der Waals surface area contributed by atoms with E-state index in [1.165, 1.54) is 6.92 Å². The number of Topliss-reactive ketones (excluding diaryl/α,β-unsaturated/α-hetero) is 1. The molecule has 0 aliphatic heterocycles. The highest BCUT2D eigenvalue weighted by Gasteiger charge is 2.56. The summed E-state index contributed by atoms with van der Waals surface area (Å²) in [4.78, 5) is 42.5. The maximum absolute atomic E-state index is 14.3. The van der Waals surface area contributed by atoms with E-state index in [0.29, 0.717) is 54.5 Å². The Morgan fingerprint density at radius 1 is 0.771 bits per heavy atom. The molecule has 1 aliphatic carbocycles. The van der Waals surface area contributed by atoms with Crippen molar-refractivity contribution in [1.29, 1.82) is 0 Å². The first-order valence-electron chi connectivity index (χ1n) is 16.6. The van der Waals surface area contributed by atoms with E-state index >= 15 is 0 Å². The van der Waals surface area contributed by atoms with Crippen molar-refractivity contribution in [2.45, 2.75) is 65.1 Å². The fraction of sp³-hybridized carbons (Fsp3) is 0.325. The summed E-state index contributed by atoms with van der Waals surface area (Å²) >= 11 is 0. The molecule has 0 saturated heterocycles. The van der Waals surface area contributed by atoms with Crippen LogP contribution in [-0.2, 0) is 33.8 Å². The van der Waals surface area contributed by atoms with Crippen molar-refractivity contribution in [3.05, 3.63) is 119 Å². The molecule has 0 spiro atoms. The Balaban J connectivity index is 1.59. The Kier molecular flexibility index (Phi) is 11.0. The van der Waals surface area contributed by atoms with Crippen LogP contribution in [0, 0.1) is 11.8 Å². The summed E-state index contributed by atoms with van der Waals surface area (Å²) in [5, 5.41) is 17.8. The molecule has 1 aliphatic rings. The Morgan fingerprint density at radius 2 is 1.35 bits per heavy atom. The van der Waals surface area contributed by atoms with Crippen molar-refractivity contribution in [2.75, 3.05) is 17.2 Å². The zero-order valence-corrected chi connectivity index (χ0v) is 28.0. The number of rotatable bonds is 12. The molecule has 0 aromatic heterocycles. The lowest BCUT2D eigenvalue weighted by Gasteiger charge is -2.44. The number of benzene rings is 4. The van der Waals surface area contributed by atoms with Crippen LogP contribution >= 0.6 is 0 Å². The number of carbonyl (C=O) groups is 3. The second-order valence-corrected chi connectivity index (χ2v) is 12.4. The number of anilines is 2. The van der Waals surface area contributed by atoms with Gasteiger partial charge in [0.25, 0.3) is 0 Å². The number of hydrogen-bond donors (Lipinski definition) is 3. The van der Waals surface area contributed by atoms with Crippen LogP contribution in [-0.4, -0.2) is 34.9 Å². The second kappa shape index (κ2) is 15.3. The molecule has 3 N–H and O–H groups in total. The standard InChI is InChI=1S/C40H44N2O6/c1-5-27-17-11-13-19-30(27)41-38(44)36-32(43)24-40(4,46)37(39(45)42-31-20-14-12-18-28(31)6-2)35(36)29-21-22-33(34(23-29)47-7-3)48-25-26-15-9-8-10-16-26/h8-23,35-37,46H,5-7,24-25H2,1-4H3,(H,41,44)(H,42,45). The fourth-order valence-corrected chi connectivity index (χ4v) is 6.67. The van der Waals surface area contributed by atoms with Crippen LogP contribution in [0.3, 0.4) is 0 Å². The average molecular weight is 649 g/mol. The lowest BCUT2D eigenvalue weighted by molar-refractivity contribution is -0.150. The fourth-order valence-electron chi connectivity index (χ4n) is 6.67. The van der Waals surface area contributed by atoms with Crippen LogP contribution in [0.25, 0.3) is 0 Å². The van der Waals surface area contributed by atoms with Gasteiger partial charge in [-0.05, 0) is 73.2 Å². The molecule has 1 fully saturated rings. The molecule has 4 unspecified atom stereocenters. The molecule has 250 valence electrons. The highest BCUT2D eigenvalue weighted by Crippen LogP contribution is 2.48. The number of aryl methyl sites for hydroxylation is 2. The van der Waals surface area contributed by atoms with E-state index in [-0.39, 0.29) is 6.42 Å². The zero-order valence-electron chi connectivity index (χ0n) is 28.0. The van der Waals surface area contributed by atoms with E-state index < -0.39 is 41.0 Å². The maximum Gasteiger partial charge on any atom is 0.235 e. The summed E-state index contributed by atoms with van der Waals surface area (Å²) in [5.74, 6) is -4.02. The lowest BCUT2D eigenvalue weighted by atomic mass is 9.61. The predicted octanol–water partition coefficient (Wildman–Crippen LogP) is 7.11. The minimum Gasteiger partial charge on any atom is -0.490 e. The molecule has 4 aromatic rings. The van der Waals surface area contributed by atoms with Crippen molar-refractivity contribution in [3.63, 3.8) is 0 Å². The third-order valence-electron chi connectivity index (χ3n) is 9.03. The first-order valence-corrected chi connectivity index (χ1v) is 16.6. The van der Waals surface area contributed by atoms with Crippen LogP contribution in [0.4, 0.5) is 11.4 Å². The zero-order chi connectivity index (χ0) is 34.3. The molecule has 4 atom stereocenters. The predicted molar refractivity (Wildman–Crippen MR) is 187 cm³/mol. The molecule has 48 heavy (non-hydrogen) atoms. The normalized spacial score (nSPS) is 20.5. The number of para-hydroxylation sites is 2. The first-order chi connectivity index (χ1) is 23.2. The van der Waals surface area contributed by atoms with Crippen LogP contribution in [0.15, 0.2) is 97.1 Å². The average Bonchev–Trinajstić information content (AvgIpc) is 3.07. The second-order valence-electron chi connectivity index (χ2n) is 12.4. The largest absolute Gasteiger partial charge is 0.490 e. The Labute approximate surface area is 282 Å². The van der Waals surface area contributed by atoms with E-state index in [4.69, 9.17) is 9.47 Å². The third kappa shape index (κ3) is 7.60. The molecule has 4 aromatic carbocycles. The van der Waals surface area contributed by atoms with Crippen LogP contribution in [0.2, 0.25) is 0 Å².